The number of nitriles is 1. The maximum atomic E-state index is 13.7. The highest BCUT2D eigenvalue weighted by molar-refractivity contribution is 6.31. The van der Waals surface area contributed by atoms with Crippen LogP contribution in [0.5, 0.6) is 0 Å². The molecule has 1 aromatic heterocycles. The zero-order valence-electron chi connectivity index (χ0n) is 12.5. The largest absolute Gasteiger partial charge is 0.386 e. The van der Waals surface area contributed by atoms with Crippen LogP contribution in [0.4, 0.5) is 10.1 Å². The molecule has 0 fully saturated rings. The molecule has 24 heavy (non-hydrogen) atoms. The van der Waals surface area contributed by atoms with E-state index >= 15 is 0 Å². The number of halogens is 2. The van der Waals surface area contributed by atoms with Gasteiger partial charge in [0.15, 0.2) is 0 Å². The van der Waals surface area contributed by atoms with Gasteiger partial charge >= 0.3 is 0 Å². The van der Waals surface area contributed by atoms with Crippen molar-refractivity contribution in [3.8, 4) is 6.07 Å². The third-order valence-corrected chi connectivity index (χ3v) is 3.92. The fraction of sp³-hybridized carbons (Fsp3) is 0.111. The number of nitrogens with one attached hydrogen (secondary N) is 1. The van der Waals surface area contributed by atoms with E-state index in [0.717, 1.165) is 0 Å². The van der Waals surface area contributed by atoms with Gasteiger partial charge < -0.3 is 10.4 Å². The Morgan fingerprint density at radius 3 is 2.83 bits per heavy atom. The Morgan fingerprint density at radius 1 is 1.29 bits per heavy atom. The van der Waals surface area contributed by atoms with Crippen molar-refractivity contribution < 1.29 is 9.50 Å². The van der Waals surface area contributed by atoms with E-state index in [0.29, 0.717) is 27.2 Å². The van der Waals surface area contributed by atoms with Crippen molar-refractivity contribution >= 4 is 28.2 Å². The van der Waals surface area contributed by atoms with Gasteiger partial charge in [0, 0.05) is 28.7 Å². The highest BCUT2D eigenvalue weighted by Gasteiger charge is 2.15. The first kappa shape index (κ1) is 16.2. The summed E-state index contributed by atoms with van der Waals surface area (Å²) in [6, 6.07) is 13.2. The molecule has 0 radical (unpaired) electrons. The molecule has 0 saturated carbocycles. The first-order valence-electron chi connectivity index (χ1n) is 7.25. The van der Waals surface area contributed by atoms with Gasteiger partial charge in [0.25, 0.3) is 0 Å². The van der Waals surface area contributed by atoms with Crippen LogP contribution in [-0.4, -0.2) is 16.6 Å². The maximum Gasteiger partial charge on any atom is 0.129 e. The number of pyridine rings is 1. The second-order valence-electron chi connectivity index (χ2n) is 5.24. The lowest BCUT2D eigenvalue weighted by Crippen LogP contribution is -2.14. The number of aliphatic hydroxyl groups excluding tert-OH is 1. The minimum atomic E-state index is -1.06. The van der Waals surface area contributed by atoms with Gasteiger partial charge in [-0.3, -0.25) is 4.98 Å². The van der Waals surface area contributed by atoms with Gasteiger partial charge in [0.2, 0.25) is 0 Å². The molecule has 3 rings (SSSR count). The Balaban J connectivity index is 1.93. The molecular weight excluding hydrogens is 329 g/mol. The van der Waals surface area contributed by atoms with Crippen LogP contribution in [0.15, 0.2) is 48.7 Å². The van der Waals surface area contributed by atoms with Crippen molar-refractivity contribution in [3.05, 3.63) is 70.6 Å². The van der Waals surface area contributed by atoms with Gasteiger partial charge in [-0.25, -0.2) is 4.39 Å². The third-order valence-electron chi connectivity index (χ3n) is 3.69. The van der Waals surface area contributed by atoms with Gasteiger partial charge in [0.05, 0.1) is 22.9 Å². The summed E-state index contributed by atoms with van der Waals surface area (Å²) in [6.07, 6.45) is 0.397. The number of hydrogen-bond donors (Lipinski definition) is 2. The van der Waals surface area contributed by atoms with Crippen molar-refractivity contribution in [2.75, 3.05) is 11.9 Å². The normalized spacial score (nSPS) is 11.9. The van der Waals surface area contributed by atoms with Crippen molar-refractivity contribution in [1.29, 1.82) is 5.26 Å². The molecule has 0 spiro atoms. The number of fused-ring (bicyclic) bond motifs is 1. The average Bonchev–Trinajstić information content (AvgIpc) is 2.59. The Kier molecular flexibility index (Phi) is 4.61. The molecule has 0 saturated heterocycles. The number of rotatable bonds is 4. The summed E-state index contributed by atoms with van der Waals surface area (Å²) in [5.41, 5.74) is 1.70. The fourth-order valence-electron chi connectivity index (χ4n) is 2.49. The van der Waals surface area contributed by atoms with Gasteiger partial charge in [-0.05, 0) is 24.3 Å². The zero-order chi connectivity index (χ0) is 17.1. The smallest absolute Gasteiger partial charge is 0.129 e. The van der Waals surface area contributed by atoms with Crippen molar-refractivity contribution in [2.45, 2.75) is 6.10 Å². The summed E-state index contributed by atoms with van der Waals surface area (Å²) in [5.74, 6) is -0.477. The highest BCUT2D eigenvalue weighted by Crippen LogP contribution is 2.29. The minimum absolute atomic E-state index is 0.0429. The summed E-state index contributed by atoms with van der Waals surface area (Å²) < 4.78 is 13.7. The highest BCUT2D eigenvalue weighted by atomic mass is 35.5. The predicted molar refractivity (Wildman–Crippen MR) is 91.3 cm³/mol. The minimum Gasteiger partial charge on any atom is -0.386 e. The number of benzene rings is 2. The fourth-order valence-corrected chi connectivity index (χ4v) is 2.67. The summed E-state index contributed by atoms with van der Waals surface area (Å²) in [5, 5.41) is 23.7. The van der Waals surface area contributed by atoms with Crippen molar-refractivity contribution in [2.24, 2.45) is 0 Å². The van der Waals surface area contributed by atoms with Crippen LogP contribution in [-0.2, 0) is 0 Å². The van der Waals surface area contributed by atoms with Gasteiger partial charge in [-0.1, -0.05) is 29.8 Å². The Labute approximate surface area is 143 Å². The second-order valence-corrected chi connectivity index (χ2v) is 5.67. The number of aliphatic hydroxyl groups is 1. The lowest BCUT2D eigenvalue weighted by atomic mass is 10.1. The van der Waals surface area contributed by atoms with Crippen LogP contribution < -0.4 is 5.32 Å². The average molecular weight is 342 g/mol. The molecule has 1 unspecified atom stereocenters. The first-order valence-corrected chi connectivity index (χ1v) is 7.62. The third kappa shape index (κ3) is 3.16. The van der Waals surface area contributed by atoms with Gasteiger partial charge in [0.1, 0.15) is 11.9 Å². The molecule has 0 aliphatic rings. The first-order chi connectivity index (χ1) is 11.6. The van der Waals surface area contributed by atoms with E-state index in [4.69, 9.17) is 11.6 Å². The van der Waals surface area contributed by atoms with Crippen LogP contribution in [0.25, 0.3) is 10.9 Å². The molecule has 2 N–H and O–H groups in total. The molecule has 2 aromatic carbocycles. The molecule has 0 bridgehead atoms. The molecule has 0 amide bonds. The Bertz CT molecular complexity index is 939. The summed E-state index contributed by atoms with van der Waals surface area (Å²) in [7, 11) is 0. The number of nitrogens with zero attached hydrogens (tertiary/aromatic N) is 2. The van der Waals surface area contributed by atoms with E-state index in [-0.39, 0.29) is 12.1 Å². The number of anilines is 1. The van der Waals surface area contributed by atoms with E-state index in [1.165, 1.54) is 18.3 Å². The van der Waals surface area contributed by atoms with E-state index in [2.05, 4.69) is 16.4 Å². The van der Waals surface area contributed by atoms with Crippen LogP contribution >= 0.6 is 11.6 Å². The summed E-state index contributed by atoms with van der Waals surface area (Å²) in [6.45, 7) is 0.0429. The van der Waals surface area contributed by atoms with Crippen LogP contribution in [0, 0.1) is 17.1 Å². The number of hydrogen-bond acceptors (Lipinski definition) is 4. The number of aromatic nitrogens is 1. The standard InChI is InChI=1S/C18H13ClFN3O/c19-12-5-6-16-14(7-12)18(11(8-21)9-22-16)23-10-17(24)13-3-1-2-4-15(13)20/h1-7,9,17,24H,10H2,(H,22,23). The SMILES string of the molecule is N#Cc1cnc2ccc(Cl)cc2c1NCC(O)c1ccccc1F. The molecule has 120 valence electrons. The van der Waals surface area contributed by atoms with E-state index in [1.54, 1.807) is 30.3 Å². The Hall–Kier alpha value is -2.68. The molecule has 1 atom stereocenters. The summed E-state index contributed by atoms with van der Waals surface area (Å²) in [4.78, 5) is 4.21. The van der Waals surface area contributed by atoms with Crippen LogP contribution in [0.1, 0.15) is 17.2 Å². The summed E-state index contributed by atoms with van der Waals surface area (Å²) >= 11 is 6.03. The topological polar surface area (TPSA) is 68.9 Å². The van der Waals surface area contributed by atoms with Gasteiger partial charge in [-0.15, -0.1) is 0 Å². The quantitative estimate of drug-likeness (QED) is 0.751. The van der Waals surface area contributed by atoms with Gasteiger partial charge in [-0.2, -0.15) is 5.26 Å². The zero-order valence-corrected chi connectivity index (χ0v) is 13.3. The predicted octanol–water partition coefficient (Wildman–Crippen LogP) is 4.04. The molecular formula is C18H13ClFN3O. The maximum absolute atomic E-state index is 13.7. The molecule has 1 heterocycles. The van der Waals surface area contributed by atoms with Crippen LogP contribution in [0.2, 0.25) is 5.02 Å². The molecule has 0 aliphatic heterocycles. The van der Waals surface area contributed by atoms with Crippen molar-refractivity contribution in [3.63, 3.8) is 0 Å². The molecule has 3 aromatic rings. The molecule has 0 aliphatic carbocycles. The lowest BCUT2D eigenvalue weighted by Gasteiger charge is -2.16. The molecule has 4 nitrogen and oxygen atoms in total. The van der Waals surface area contributed by atoms with Crippen LogP contribution in [0.3, 0.4) is 0 Å². The molecule has 6 heteroatoms. The second kappa shape index (κ2) is 6.83. The van der Waals surface area contributed by atoms with E-state index < -0.39 is 11.9 Å². The van der Waals surface area contributed by atoms with E-state index in [1.807, 2.05) is 0 Å². The van der Waals surface area contributed by atoms with Crippen molar-refractivity contribution in [1.82, 2.24) is 4.98 Å². The Morgan fingerprint density at radius 2 is 2.08 bits per heavy atom. The monoisotopic (exact) mass is 341 g/mol. The van der Waals surface area contributed by atoms with E-state index in [9.17, 15) is 14.8 Å². The lowest BCUT2D eigenvalue weighted by molar-refractivity contribution is 0.186.